The zero-order valence-corrected chi connectivity index (χ0v) is 17.5. The van der Waals surface area contributed by atoms with E-state index in [0.717, 1.165) is 25.7 Å². The second kappa shape index (κ2) is 12.2. The molecular weight excluding hydrogens is 366 g/mol. The molecule has 0 radical (unpaired) electrons. The van der Waals surface area contributed by atoms with Crippen molar-refractivity contribution in [2.75, 3.05) is 18.6 Å². The lowest BCUT2D eigenvalue weighted by Gasteiger charge is -2.29. The van der Waals surface area contributed by atoms with E-state index in [4.69, 9.17) is 5.73 Å². The minimum absolute atomic E-state index is 0.110. The Balaban J connectivity index is 2.35. The van der Waals surface area contributed by atoms with Gasteiger partial charge >= 0.3 is 5.97 Å². The van der Waals surface area contributed by atoms with E-state index in [-0.39, 0.29) is 17.7 Å². The molecule has 0 saturated heterocycles. The van der Waals surface area contributed by atoms with Crippen LogP contribution in [0.15, 0.2) is 0 Å². The number of nitrogens with one attached hydrogen (secondary N) is 2. The van der Waals surface area contributed by atoms with Crippen LogP contribution < -0.4 is 16.4 Å². The molecule has 0 spiro atoms. The fraction of sp³-hybridized carbons (Fsp3) is 0.842. The van der Waals surface area contributed by atoms with Crippen LogP contribution >= 0.6 is 11.8 Å². The van der Waals surface area contributed by atoms with Crippen LogP contribution in [0.4, 0.5) is 0 Å². The number of carboxylic acids is 1. The number of nitrogens with two attached hydrogens (primary N) is 1. The Morgan fingerprint density at radius 2 is 1.81 bits per heavy atom. The highest BCUT2D eigenvalue weighted by atomic mass is 32.2. The molecule has 0 aromatic rings. The summed E-state index contributed by atoms with van der Waals surface area (Å²) in [7, 11) is 0. The van der Waals surface area contributed by atoms with E-state index in [1.54, 1.807) is 11.8 Å². The number of hydrogen-bond acceptors (Lipinski definition) is 5. The summed E-state index contributed by atoms with van der Waals surface area (Å²) in [6.07, 6.45) is 6.15. The number of carbonyl (C=O) groups excluding carboxylic acids is 2. The van der Waals surface area contributed by atoms with E-state index in [1.165, 1.54) is 0 Å². The van der Waals surface area contributed by atoms with Gasteiger partial charge in [-0.2, -0.15) is 11.8 Å². The van der Waals surface area contributed by atoms with Gasteiger partial charge in [0.05, 0.1) is 6.04 Å². The third-order valence-electron chi connectivity index (χ3n) is 5.07. The van der Waals surface area contributed by atoms with Crippen LogP contribution in [0.3, 0.4) is 0 Å². The van der Waals surface area contributed by atoms with Crippen molar-refractivity contribution < 1.29 is 19.5 Å². The number of carboxylic acid groups (broad SMARTS) is 1. The molecular formula is C19H35N3O4S. The maximum absolute atomic E-state index is 12.4. The fourth-order valence-electron chi connectivity index (χ4n) is 3.40. The third-order valence-corrected chi connectivity index (χ3v) is 5.71. The van der Waals surface area contributed by atoms with E-state index < -0.39 is 18.1 Å². The van der Waals surface area contributed by atoms with Crippen molar-refractivity contribution in [2.45, 2.75) is 64.5 Å². The molecule has 0 aliphatic heterocycles. The number of amides is 2. The van der Waals surface area contributed by atoms with Crippen LogP contribution in [-0.4, -0.2) is 53.5 Å². The highest BCUT2D eigenvalue weighted by Gasteiger charge is 2.29. The molecule has 8 heteroatoms. The first kappa shape index (κ1) is 23.8. The third kappa shape index (κ3) is 8.97. The molecule has 1 aliphatic carbocycles. The van der Waals surface area contributed by atoms with Crippen molar-refractivity contribution in [2.24, 2.45) is 23.5 Å². The van der Waals surface area contributed by atoms with Gasteiger partial charge in [0.25, 0.3) is 0 Å². The van der Waals surface area contributed by atoms with Crippen LogP contribution in [-0.2, 0) is 14.4 Å². The maximum atomic E-state index is 12.4. The van der Waals surface area contributed by atoms with Gasteiger partial charge in [0.15, 0.2) is 0 Å². The van der Waals surface area contributed by atoms with Crippen molar-refractivity contribution in [3.63, 3.8) is 0 Å². The van der Waals surface area contributed by atoms with Gasteiger partial charge in [0, 0.05) is 12.5 Å². The van der Waals surface area contributed by atoms with Crippen LogP contribution in [0.25, 0.3) is 0 Å². The van der Waals surface area contributed by atoms with Crippen molar-refractivity contribution in [1.82, 2.24) is 10.6 Å². The fourth-order valence-corrected chi connectivity index (χ4v) is 3.87. The number of carbonyl (C=O) groups is 3. The molecule has 156 valence electrons. The zero-order chi connectivity index (χ0) is 20.4. The standard InChI is InChI=1S/C19H35N3O4S/c1-12(2)10-15(20)18(24)21-11-13-4-6-14(7-5-13)17(23)22-16(19(25)26)8-9-27-3/h12-16H,4-11,20H2,1-3H3,(H,21,24)(H,22,23)(H,25,26). The summed E-state index contributed by atoms with van der Waals surface area (Å²) < 4.78 is 0. The zero-order valence-electron chi connectivity index (χ0n) is 16.7. The normalized spacial score (nSPS) is 22.1. The quantitative estimate of drug-likeness (QED) is 0.417. The van der Waals surface area contributed by atoms with Gasteiger partial charge in [-0.15, -0.1) is 0 Å². The second-order valence-electron chi connectivity index (χ2n) is 7.88. The Labute approximate surface area is 166 Å². The molecule has 1 rings (SSSR count). The van der Waals surface area contributed by atoms with Crippen LogP contribution in [0.1, 0.15) is 52.4 Å². The Bertz CT molecular complexity index is 493. The van der Waals surface area contributed by atoms with Gasteiger partial charge in [0.2, 0.25) is 11.8 Å². The molecule has 2 amide bonds. The van der Waals surface area contributed by atoms with E-state index in [9.17, 15) is 19.5 Å². The monoisotopic (exact) mass is 401 g/mol. The van der Waals surface area contributed by atoms with Gasteiger partial charge in [-0.25, -0.2) is 4.79 Å². The first-order chi connectivity index (χ1) is 12.7. The van der Waals surface area contributed by atoms with Crippen LogP contribution in [0.2, 0.25) is 0 Å². The highest BCUT2D eigenvalue weighted by Crippen LogP contribution is 2.28. The van der Waals surface area contributed by atoms with Crippen molar-refractivity contribution in [3.05, 3.63) is 0 Å². The molecule has 7 nitrogen and oxygen atoms in total. The largest absolute Gasteiger partial charge is 0.480 e. The topological polar surface area (TPSA) is 122 Å². The summed E-state index contributed by atoms with van der Waals surface area (Å²) in [4.78, 5) is 35.7. The van der Waals surface area contributed by atoms with E-state index in [2.05, 4.69) is 10.6 Å². The van der Waals surface area contributed by atoms with Crippen LogP contribution in [0.5, 0.6) is 0 Å². The summed E-state index contributed by atoms with van der Waals surface area (Å²) in [5.74, 6) is 0.0264. The predicted molar refractivity (Wildman–Crippen MR) is 108 cm³/mol. The molecule has 0 bridgehead atoms. The van der Waals surface area contributed by atoms with Crippen molar-refractivity contribution in [3.8, 4) is 0 Å². The Morgan fingerprint density at radius 1 is 1.19 bits per heavy atom. The Morgan fingerprint density at radius 3 is 2.33 bits per heavy atom. The van der Waals surface area contributed by atoms with E-state index in [0.29, 0.717) is 37.0 Å². The maximum Gasteiger partial charge on any atom is 0.326 e. The smallest absolute Gasteiger partial charge is 0.326 e. The predicted octanol–water partition coefficient (Wildman–Crippen LogP) is 1.60. The van der Waals surface area contributed by atoms with E-state index >= 15 is 0 Å². The van der Waals surface area contributed by atoms with Gasteiger partial charge in [-0.3, -0.25) is 9.59 Å². The summed E-state index contributed by atoms with van der Waals surface area (Å²) in [5.41, 5.74) is 5.89. The second-order valence-corrected chi connectivity index (χ2v) is 8.87. The highest BCUT2D eigenvalue weighted by molar-refractivity contribution is 7.98. The minimum Gasteiger partial charge on any atom is -0.480 e. The number of aliphatic carboxylic acids is 1. The lowest BCUT2D eigenvalue weighted by atomic mass is 9.81. The van der Waals surface area contributed by atoms with Gasteiger partial charge in [0.1, 0.15) is 6.04 Å². The number of hydrogen-bond donors (Lipinski definition) is 4. The molecule has 27 heavy (non-hydrogen) atoms. The SMILES string of the molecule is CSCCC(NC(=O)C1CCC(CNC(=O)C(N)CC(C)C)CC1)C(=O)O. The van der Waals surface area contributed by atoms with Crippen molar-refractivity contribution >= 4 is 29.5 Å². The first-order valence-corrected chi connectivity index (χ1v) is 11.2. The number of thioether (sulfide) groups is 1. The lowest BCUT2D eigenvalue weighted by molar-refractivity contribution is -0.142. The minimum atomic E-state index is -0.980. The molecule has 1 saturated carbocycles. The molecule has 0 heterocycles. The molecule has 2 atom stereocenters. The summed E-state index contributed by atoms with van der Waals surface area (Å²) in [6, 6.07) is -1.29. The molecule has 2 unspecified atom stereocenters. The van der Waals surface area contributed by atoms with Crippen molar-refractivity contribution in [1.29, 1.82) is 0 Å². The molecule has 1 aliphatic rings. The summed E-state index contributed by atoms with van der Waals surface area (Å²) >= 11 is 1.57. The average molecular weight is 402 g/mol. The summed E-state index contributed by atoms with van der Waals surface area (Å²) in [6.45, 7) is 4.66. The van der Waals surface area contributed by atoms with Crippen LogP contribution in [0, 0.1) is 17.8 Å². The Kier molecular flexibility index (Phi) is 10.8. The summed E-state index contributed by atoms with van der Waals surface area (Å²) in [5, 5.41) is 14.8. The molecule has 0 aromatic heterocycles. The number of rotatable bonds is 11. The average Bonchev–Trinajstić information content (AvgIpc) is 2.62. The molecule has 1 fully saturated rings. The van der Waals surface area contributed by atoms with Gasteiger partial charge in [-0.1, -0.05) is 13.8 Å². The Hall–Kier alpha value is -1.28. The lowest BCUT2D eigenvalue weighted by Crippen LogP contribution is -2.45. The molecule has 5 N–H and O–H groups in total. The first-order valence-electron chi connectivity index (χ1n) is 9.80. The van der Waals surface area contributed by atoms with E-state index in [1.807, 2.05) is 20.1 Å². The van der Waals surface area contributed by atoms with Gasteiger partial charge < -0.3 is 21.5 Å². The van der Waals surface area contributed by atoms with Gasteiger partial charge in [-0.05, 0) is 62.4 Å². The molecule has 0 aromatic carbocycles.